The molecular formula is C14H16N4O. The van der Waals surface area contributed by atoms with Crippen LogP contribution in [-0.4, -0.2) is 26.9 Å². The number of nitrogens with zero attached hydrogens (tertiary/aromatic N) is 3. The number of carbonyl (C=O) groups excluding carboxylic acids is 1. The predicted molar refractivity (Wildman–Crippen MR) is 72.6 cm³/mol. The highest BCUT2D eigenvalue weighted by molar-refractivity contribution is 5.95. The number of carbonyl (C=O) groups is 1. The van der Waals surface area contributed by atoms with Crippen molar-refractivity contribution >= 4 is 11.6 Å². The summed E-state index contributed by atoms with van der Waals surface area (Å²) in [5, 5.41) is 0. The summed E-state index contributed by atoms with van der Waals surface area (Å²) in [5.74, 6) is 0.949. The zero-order chi connectivity index (χ0) is 13.4. The highest BCUT2D eigenvalue weighted by Gasteiger charge is 2.22. The number of aromatic nitrogens is 2. The third-order valence-electron chi connectivity index (χ3n) is 3.38. The number of nitrogen functional groups attached to an aromatic ring is 1. The van der Waals surface area contributed by atoms with Crippen LogP contribution < -0.4 is 5.73 Å². The van der Waals surface area contributed by atoms with E-state index < -0.39 is 0 Å². The average molecular weight is 256 g/mol. The lowest BCUT2D eigenvalue weighted by Crippen LogP contribution is -2.38. The van der Waals surface area contributed by atoms with Gasteiger partial charge in [0.25, 0.3) is 5.91 Å². The van der Waals surface area contributed by atoms with Crippen molar-refractivity contribution in [1.82, 2.24) is 14.5 Å². The van der Waals surface area contributed by atoms with Gasteiger partial charge in [0.2, 0.25) is 0 Å². The van der Waals surface area contributed by atoms with Gasteiger partial charge in [0, 0.05) is 36.7 Å². The van der Waals surface area contributed by atoms with Gasteiger partial charge in [-0.1, -0.05) is 0 Å². The molecule has 3 rings (SSSR count). The number of imidazole rings is 1. The van der Waals surface area contributed by atoms with Gasteiger partial charge in [-0.2, -0.15) is 0 Å². The van der Waals surface area contributed by atoms with Crippen molar-refractivity contribution in [2.75, 3.05) is 12.3 Å². The second-order valence-electron chi connectivity index (χ2n) is 4.90. The summed E-state index contributed by atoms with van der Waals surface area (Å²) in [6.45, 7) is 3.99. The van der Waals surface area contributed by atoms with Gasteiger partial charge in [0.15, 0.2) is 0 Å². The van der Waals surface area contributed by atoms with Gasteiger partial charge >= 0.3 is 0 Å². The van der Waals surface area contributed by atoms with E-state index in [0.717, 1.165) is 17.9 Å². The maximum absolute atomic E-state index is 12.5. The lowest BCUT2D eigenvalue weighted by Gasteiger charge is -2.27. The first-order chi connectivity index (χ1) is 9.13. The number of amides is 1. The van der Waals surface area contributed by atoms with E-state index in [-0.39, 0.29) is 5.91 Å². The molecule has 0 saturated carbocycles. The summed E-state index contributed by atoms with van der Waals surface area (Å²) in [4.78, 5) is 18.5. The van der Waals surface area contributed by atoms with Crippen molar-refractivity contribution in [3.05, 3.63) is 47.5 Å². The van der Waals surface area contributed by atoms with Gasteiger partial charge in [-0.15, -0.1) is 0 Å². The molecular weight excluding hydrogens is 240 g/mol. The molecule has 0 saturated heterocycles. The van der Waals surface area contributed by atoms with Crippen LogP contribution in [0.1, 0.15) is 21.7 Å². The lowest BCUT2D eigenvalue weighted by atomic mass is 10.1. The maximum Gasteiger partial charge on any atom is 0.254 e. The molecule has 0 spiro atoms. The van der Waals surface area contributed by atoms with Crippen LogP contribution in [0, 0.1) is 6.92 Å². The Balaban J connectivity index is 1.85. The van der Waals surface area contributed by atoms with Gasteiger partial charge in [-0.05, 0) is 30.7 Å². The maximum atomic E-state index is 12.5. The van der Waals surface area contributed by atoms with Gasteiger partial charge in [-0.3, -0.25) is 4.79 Å². The van der Waals surface area contributed by atoms with Crippen molar-refractivity contribution < 1.29 is 4.79 Å². The normalized spacial score (nSPS) is 14.3. The molecule has 1 amide bonds. The summed E-state index contributed by atoms with van der Waals surface area (Å²) in [6, 6.07) is 5.47. The smallest absolute Gasteiger partial charge is 0.254 e. The minimum atomic E-state index is 0.0182. The highest BCUT2D eigenvalue weighted by Crippen LogP contribution is 2.17. The van der Waals surface area contributed by atoms with E-state index in [0.29, 0.717) is 24.3 Å². The standard InChI is InChI=1S/C14H16N4O/c1-10-6-11(8-12(15)7-10)14(19)18-5-4-17-3-2-16-13(17)9-18/h2-3,6-8H,4-5,9,15H2,1H3. The van der Waals surface area contributed by atoms with Gasteiger partial charge in [-0.25, -0.2) is 4.98 Å². The molecule has 0 atom stereocenters. The van der Waals surface area contributed by atoms with Crippen LogP contribution in [0.15, 0.2) is 30.6 Å². The highest BCUT2D eigenvalue weighted by atomic mass is 16.2. The van der Waals surface area contributed by atoms with Crippen LogP contribution in [0.3, 0.4) is 0 Å². The molecule has 0 fully saturated rings. The van der Waals surface area contributed by atoms with E-state index in [1.165, 1.54) is 0 Å². The van der Waals surface area contributed by atoms with Gasteiger partial charge < -0.3 is 15.2 Å². The summed E-state index contributed by atoms with van der Waals surface area (Å²) in [7, 11) is 0. The number of fused-ring (bicyclic) bond motifs is 1. The Hall–Kier alpha value is -2.30. The number of anilines is 1. The second-order valence-corrected chi connectivity index (χ2v) is 4.90. The first-order valence-corrected chi connectivity index (χ1v) is 6.30. The molecule has 5 heteroatoms. The van der Waals surface area contributed by atoms with Crippen LogP contribution >= 0.6 is 0 Å². The SMILES string of the molecule is Cc1cc(N)cc(C(=O)N2CCn3ccnc3C2)c1. The number of hydrogen-bond donors (Lipinski definition) is 1. The van der Waals surface area contributed by atoms with Gasteiger partial charge in [0.05, 0.1) is 6.54 Å². The minimum Gasteiger partial charge on any atom is -0.399 e. The van der Waals surface area contributed by atoms with Gasteiger partial charge in [0.1, 0.15) is 5.82 Å². The Bertz CT molecular complexity index is 612. The molecule has 2 aromatic rings. The fourth-order valence-electron chi connectivity index (χ4n) is 2.47. The first kappa shape index (κ1) is 11.8. The van der Waals surface area contributed by atoms with Crippen LogP contribution in [-0.2, 0) is 13.1 Å². The van der Waals surface area contributed by atoms with E-state index in [1.54, 1.807) is 12.3 Å². The Kier molecular flexibility index (Phi) is 2.74. The first-order valence-electron chi connectivity index (χ1n) is 6.30. The third kappa shape index (κ3) is 2.19. The largest absolute Gasteiger partial charge is 0.399 e. The fourth-order valence-corrected chi connectivity index (χ4v) is 2.47. The fraction of sp³-hybridized carbons (Fsp3) is 0.286. The second kappa shape index (κ2) is 4.42. The number of benzene rings is 1. The molecule has 0 radical (unpaired) electrons. The Labute approximate surface area is 111 Å². The number of hydrogen-bond acceptors (Lipinski definition) is 3. The molecule has 1 aliphatic heterocycles. The summed E-state index contributed by atoms with van der Waals surface area (Å²) < 4.78 is 2.08. The summed E-state index contributed by atoms with van der Waals surface area (Å²) in [5.41, 5.74) is 8.08. The Morgan fingerprint density at radius 2 is 2.16 bits per heavy atom. The number of nitrogens with two attached hydrogens (primary N) is 1. The molecule has 2 N–H and O–H groups in total. The summed E-state index contributed by atoms with van der Waals surface area (Å²) >= 11 is 0. The Morgan fingerprint density at radius 3 is 2.95 bits per heavy atom. The molecule has 0 aliphatic carbocycles. The van der Waals surface area contributed by atoms with Crippen molar-refractivity contribution in [2.24, 2.45) is 0 Å². The molecule has 98 valence electrons. The minimum absolute atomic E-state index is 0.0182. The molecule has 5 nitrogen and oxygen atoms in total. The molecule has 1 aromatic heterocycles. The number of aryl methyl sites for hydroxylation is 1. The van der Waals surface area contributed by atoms with Crippen LogP contribution in [0.25, 0.3) is 0 Å². The van der Waals surface area contributed by atoms with E-state index in [9.17, 15) is 4.79 Å². The quantitative estimate of drug-likeness (QED) is 0.785. The van der Waals surface area contributed by atoms with Crippen LogP contribution in [0.4, 0.5) is 5.69 Å². The molecule has 0 unspecified atom stereocenters. The van der Waals surface area contributed by atoms with Crippen molar-refractivity contribution in [3.63, 3.8) is 0 Å². The monoisotopic (exact) mass is 256 g/mol. The Morgan fingerprint density at radius 1 is 1.32 bits per heavy atom. The zero-order valence-corrected chi connectivity index (χ0v) is 10.8. The molecule has 0 bridgehead atoms. The molecule has 19 heavy (non-hydrogen) atoms. The number of rotatable bonds is 1. The van der Waals surface area contributed by atoms with Crippen molar-refractivity contribution in [2.45, 2.75) is 20.0 Å². The van der Waals surface area contributed by atoms with Crippen molar-refractivity contribution in [1.29, 1.82) is 0 Å². The molecule has 1 aromatic carbocycles. The average Bonchev–Trinajstić information content (AvgIpc) is 2.83. The van der Waals surface area contributed by atoms with E-state index >= 15 is 0 Å². The van der Waals surface area contributed by atoms with E-state index in [1.807, 2.05) is 30.2 Å². The molecule has 1 aliphatic rings. The van der Waals surface area contributed by atoms with Crippen molar-refractivity contribution in [3.8, 4) is 0 Å². The molecule has 2 heterocycles. The van der Waals surface area contributed by atoms with E-state index in [4.69, 9.17) is 5.73 Å². The van der Waals surface area contributed by atoms with Crippen LogP contribution in [0.2, 0.25) is 0 Å². The third-order valence-corrected chi connectivity index (χ3v) is 3.38. The topological polar surface area (TPSA) is 64.2 Å². The predicted octanol–water partition coefficient (Wildman–Crippen LogP) is 1.43. The van der Waals surface area contributed by atoms with E-state index in [2.05, 4.69) is 9.55 Å². The lowest BCUT2D eigenvalue weighted by molar-refractivity contribution is 0.0707. The van der Waals surface area contributed by atoms with Crippen LogP contribution in [0.5, 0.6) is 0 Å². The zero-order valence-electron chi connectivity index (χ0n) is 10.8. The summed E-state index contributed by atoms with van der Waals surface area (Å²) in [6.07, 6.45) is 3.72.